The first-order valence-corrected chi connectivity index (χ1v) is 5.57. The van der Waals surface area contributed by atoms with E-state index in [9.17, 15) is 4.39 Å². The molecule has 0 atom stereocenters. The molecule has 0 radical (unpaired) electrons. The van der Waals surface area contributed by atoms with Crippen molar-refractivity contribution < 1.29 is 4.39 Å². The van der Waals surface area contributed by atoms with Gasteiger partial charge >= 0.3 is 0 Å². The largest absolute Gasteiger partial charge is 0.350 e. The van der Waals surface area contributed by atoms with Crippen molar-refractivity contribution >= 4 is 27.3 Å². The number of benzene rings is 1. The third-order valence-electron chi connectivity index (χ3n) is 2.16. The number of nitrogens with zero attached hydrogens (tertiary/aromatic N) is 2. The molecule has 84 valence electrons. The average molecular weight is 292 g/mol. The first-order valence-electron chi connectivity index (χ1n) is 4.77. The van der Waals surface area contributed by atoms with E-state index in [1.165, 1.54) is 18.5 Å². The molecule has 0 spiro atoms. The highest BCUT2D eigenvalue weighted by Gasteiger charge is 2.08. The van der Waals surface area contributed by atoms with Crippen LogP contribution in [-0.2, 0) is 0 Å². The molecule has 2 rings (SSSR count). The summed E-state index contributed by atoms with van der Waals surface area (Å²) in [5.74, 6) is -0.396. The zero-order valence-electron chi connectivity index (χ0n) is 8.61. The molecule has 1 aromatic heterocycles. The normalized spacial score (nSPS) is 9.71. The van der Waals surface area contributed by atoms with Crippen LogP contribution in [-0.4, -0.2) is 4.98 Å². The number of pyridine rings is 1. The molecule has 2 aromatic rings. The molecule has 1 N–H and O–H groups in total. The molecule has 0 aliphatic carbocycles. The van der Waals surface area contributed by atoms with Crippen LogP contribution in [0.15, 0.2) is 41.1 Å². The van der Waals surface area contributed by atoms with Crippen molar-refractivity contribution in [1.29, 1.82) is 5.26 Å². The topological polar surface area (TPSA) is 48.7 Å². The van der Waals surface area contributed by atoms with Crippen molar-refractivity contribution in [2.75, 3.05) is 5.32 Å². The molecule has 1 aromatic carbocycles. The van der Waals surface area contributed by atoms with Crippen molar-refractivity contribution in [3.05, 3.63) is 52.5 Å². The summed E-state index contributed by atoms with van der Waals surface area (Å²) in [5, 5.41) is 11.8. The van der Waals surface area contributed by atoms with E-state index in [4.69, 9.17) is 5.26 Å². The van der Waals surface area contributed by atoms with Gasteiger partial charge in [-0.15, -0.1) is 0 Å². The molecule has 0 amide bonds. The molecule has 17 heavy (non-hydrogen) atoms. The third-order valence-corrected chi connectivity index (χ3v) is 2.82. The van der Waals surface area contributed by atoms with Gasteiger partial charge in [0, 0.05) is 10.7 Å². The summed E-state index contributed by atoms with van der Waals surface area (Å²) in [4.78, 5) is 3.90. The summed E-state index contributed by atoms with van der Waals surface area (Å²) >= 11 is 3.25. The number of aromatic nitrogens is 1. The van der Waals surface area contributed by atoms with Gasteiger partial charge in [0.05, 0.1) is 23.1 Å². The Balaban J connectivity index is 2.42. The Morgan fingerprint density at radius 2 is 2.18 bits per heavy atom. The minimum atomic E-state index is -0.396. The Labute approximate surface area is 106 Å². The second-order valence-corrected chi connectivity index (χ2v) is 4.11. The summed E-state index contributed by atoms with van der Waals surface area (Å²) < 4.78 is 14.2. The Bertz CT molecular complexity index is 572. The average Bonchev–Trinajstić information content (AvgIpc) is 2.34. The van der Waals surface area contributed by atoms with Crippen LogP contribution in [0.4, 0.5) is 15.8 Å². The molecule has 0 saturated heterocycles. The number of nitrogens with one attached hydrogen (secondary N) is 1. The first kappa shape index (κ1) is 11.6. The zero-order chi connectivity index (χ0) is 12.3. The Kier molecular flexibility index (Phi) is 3.35. The van der Waals surface area contributed by atoms with Gasteiger partial charge in [-0.2, -0.15) is 5.26 Å². The molecule has 0 aliphatic heterocycles. The van der Waals surface area contributed by atoms with E-state index < -0.39 is 5.82 Å². The van der Waals surface area contributed by atoms with E-state index in [1.54, 1.807) is 18.2 Å². The second kappa shape index (κ2) is 4.93. The highest BCUT2D eigenvalue weighted by atomic mass is 79.9. The van der Waals surface area contributed by atoms with Gasteiger partial charge in [0.25, 0.3) is 0 Å². The maximum Gasteiger partial charge on any atom is 0.147 e. The van der Waals surface area contributed by atoms with E-state index in [0.29, 0.717) is 15.7 Å². The van der Waals surface area contributed by atoms with Gasteiger partial charge in [0.1, 0.15) is 11.9 Å². The predicted molar refractivity (Wildman–Crippen MR) is 66.3 cm³/mol. The highest BCUT2D eigenvalue weighted by molar-refractivity contribution is 9.10. The van der Waals surface area contributed by atoms with Crippen LogP contribution in [0, 0.1) is 17.1 Å². The predicted octanol–water partition coefficient (Wildman–Crippen LogP) is 3.60. The number of hydrogen-bond acceptors (Lipinski definition) is 3. The van der Waals surface area contributed by atoms with Gasteiger partial charge in [-0.3, -0.25) is 4.98 Å². The van der Waals surface area contributed by atoms with Gasteiger partial charge in [-0.05, 0) is 34.1 Å². The number of para-hydroxylation sites is 1. The molecule has 0 aliphatic rings. The molecule has 3 nitrogen and oxygen atoms in total. The molecule has 0 fully saturated rings. The number of halogens is 2. The van der Waals surface area contributed by atoms with Gasteiger partial charge in [-0.1, -0.05) is 6.07 Å². The minimum absolute atomic E-state index is 0.289. The van der Waals surface area contributed by atoms with Crippen LogP contribution in [0.2, 0.25) is 0 Å². The quantitative estimate of drug-likeness (QED) is 0.920. The Morgan fingerprint density at radius 1 is 1.35 bits per heavy atom. The van der Waals surface area contributed by atoms with Gasteiger partial charge in [0.2, 0.25) is 0 Å². The lowest BCUT2D eigenvalue weighted by Crippen LogP contribution is -1.97. The number of nitriles is 1. The van der Waals surface area contributed by atoms with Gasteiger partial charge in [0.15, 0.2) is 0 Å². The monoisotopic (exact) mass is 291 g/mol. The van der Waals surface area contributed by atoms with Crippen molar-refractivity contribution in [2.45, 2.75) is 0 Å². The number of anilines is 2. The fourth-order valence-electron chi connectivity index (χ4n) is 1.34. The minimum Gasteiger partial charge on any atom is -0.350 e. The molecular formula is C12H7BrFN3. The Hall–Kier alpha value is -1.93. The van der Waals surface area contributed by atoms with Crippen molar-refractivity contribution in [3.8, 4) is 6.07 Å². The van der Waals surface area contributed by atoms with Crippen LogP contribution in [0.3, 0.4) is 0 Å². The summed E-state index contributed by atoms with van der Waals surface area (Å²) in [6.45, 7) is 0. The van der Waals surface area contributed by atoms with E-state index in [-0.39, 0.29) is 5.69 Å². The fraction of sp³-hybridized carbons (Fsp3) is 0. The Morgan fingerprint density at radius 3 is 2.88 bits per heavy atom. The standard InChI is InChI=1S/C12H7BrFN3/c13-9-2-1-3-10(14)12(9)17-11-7-16-5-4-8(11)6-15/h1-5,7,17H. The molecule has 0 saturated carbocycles. The third kappa shape index (κ3) is 2.43. The smallest absolute Gasteiger partial charge is 0.147 e. The lowest BCUT2D eigenvalue weighted by Gasteiger charge is -2.10. The second-order valence-electron chi connectivity index (χ2n) is 3.25. The lowest BCUT2D eigenvalue weighted by atomic mass is 10.2. The van der Waals surface area contributed by atoms with E-state index in [0.717, 1.165) is 0 Å². The molecule has 1 heterocycles. The number of rotatable bonds is 2. The SMILES string of the molecule is N#Cc1ccncc1Nc1c(F)cccc1Br. The summed E-state index contributed by atoms with van der Waals surface area (Å²) in [5.41, 5.74) is 1.17. The van der Waals surface area contributed by atoms with Crippen molar-refractivity contribution in [1.82, 2.24) is 4.98 Å². The maximum atomic E-state index is 13.6. The molecule has 0 unspecified atom stereocenters. The number of hydrogen-bond donors (Lipinski definition) is 1. The molecule has 5 heteroatoms. The van der Waals surface area contributed by atoms with Crippen LogP contribution in [0.5, 0.6) is 0 Å². The van der Waals surface area contributed by atoms with Crippen LogP contribution in [0.1, 0.15) is 5.56 Å². The first-order chi connectivity index (χ1) is 8.22. The fourth-order valence-corrected chi connectivity index (χ4v) is 1.78. The summed E-state index contributed by atoms with van der Waals surface area (Å²) in [6.07, 6.45) is 3.00. The maximum absolute atomic E-state index is 13.6. The van der Waals surface area contributed by atoms with E-state index in [2.05, 4.69) is 26.2 Å². The van der Waals surface area contributed by atoms with Crippen molar-refractivity contribution in [2.24, 2.45) is 0 Å². The van der Waals surface area contributed by atoms with Gasteiger partial charge in [-0.25, -0.2) is 4.39 Å². The summed E-state index contributed by atoms with van der Waals surface area (Å²) in [6, 6.07) is 8.24. The molecule has 0 bridgehead atoms. The molecular weight excluding hydrogens is 285 g/mol. The van der Waals surface area contributed by atoms with Gasteiger partial charge < -0.3 is 5.32 Å². The van der Waals surface area contributed by atoms with Crippen LogP contribution in [0.25, 0.3) is 0 Å². The zero-order valence-corrected chi connectivity index (χ0v) is 10.2. The lowest BCUT2D eigenvalue weighted by molar-refractivity contribution is 0.631. The van der Waals surface area contributed by atoms with E-state index in [1.807, 2.05) is 6.07 Å². The van der Waals surface area contributed by atoms with E-state index >= 15 is 0 Å². The highest BCUT2D eigenvalue weighted by Crippen LogP contribution is 2.29. The summed E-state index contributed by atoms with van der Waals surface area (Å²) in [7, 11) is 0. The van der Waals surface area contributed by atoms with Crippen LogP contribution < -0.4 is 5.32 Å². The van der Waals surface area contributed by atoms with Crippen molar-refractivity contribution in [3.63, 3.8) is 0 Å². The van der Waals surface area contributed by atoms with Crippen LogP contribution >= 0.6 is 15.9 Å².